The van der Waals surface area contributed by atoms with E-state index < -0.39 is 30.7 Å². The van der Waals surface area contributed by atoms with Gasteiger partial charge in [-0.15, -0.1) is 0 Å². The van der Waals surface area contributed by atoms with Gasteiger partial charge in [0, 0.05) is 12.1 Å². The second-order valence-electron chi connectivity index (χ2n) is 4.65. The minimum Gasteiger partial charge on any atom is -0.362 e. The Kier molecular flexibility index (Phi) is 5.11. The van der Waals surface area contributed by atoms with E-state index in [1.807, 2.05) is 6.92 Å². The summed E-state index contributed by atoms with van der Waals surface area (Å²) in [5.74, 6) is -1.15. The van der Waals surface area contributed by atoms with Gasteiger partial charge < -0.3 is 5.11 Å². The van der Waals surface area contributed by atoms with Gasteiger partial charge in [0.1, 0.15) is 6.42 Å². The van der Waals surface area contributed by atoms with Gasteiger partial charge in [-0.1, -0.05) is 19.8 Å². The first kappa shape index (κ1) is 16.4. The van der Waals surface area contributed by atoms with Crippen LogP contribution in [-0.4, -0.2) is 33.6 Å². The Morgan fingerprint density at radius 1 is 1.55 bits per heavy atom. The molecule has 1 rings (SSSR count). The number of amides is 1. The van der Waals surface area contributed by atoms with Crippen molar-refractivity contribution in [3.8, 4) is 6.07 Å². The van der Waals surface area contributed by atoms with Crippen molar-refractivity contribution < 1.29 is 23.1 Å². The molecule has 0 aliphatic carbocycles. The molecule has 0 aromatic carbocycles. The number of hydrogen-bond donors (Lipinski definition) is 1. The highest BCUT2D eigenvalue weighted by molar-refractivity contribution is 5.91. The van der Waals surface area contributed by atoms with Crippen molar-refractivity contribution in [3.05, 3.63) is 0 Å². The number of rotatable bonds is 5. The molecule has 0 saturated carbocycles. The highest BCUT2D eigenvalue weighted by Crippen LogP contribution is 2.41. The summed E-state index contributed by atoms with van der Waals surface area (Å²) >= 11 is 0. The predicted molar refractivity (Wildman–Crippen MR) is 64.3 cm³/mol. The summed E-state index contributed by atoms with van der Waals surface area (Å²) in [5, 5.41) is 21.8. The van der Waals surface area contributed by atoms with E-state index in [0.717, 1.165) is 12.8 Å². The highest BCUT2D eigenvalue weighted by atomic mass is 19.4. The smallest absolute Gasteiger partial charge is 0.362 e. The van der Waals surface area contributed by atoms with Gasteiger partial charge in [-0.2, -0.15) is 28.5 Å². The second kappa shape index (κ2) is 6.22. The number of carbonyl (C=O) groups excluding carboxylic acids is 1. The third kappa shape index (κ3) is 3.28. The Morgan fingerprint density at radius 3 is 2.70 bits per heavy atom. The Hall–Kier alpha value is -1.62. The first-order chi connectivity index (χ1) is 9.26. The number of hydrazone groups is 1. The first-order valence-electron chi connectivity index (χ1n) is 6.31. The number of nitriles is 1. The lowest BCUT2D eigenvalue weighted by Gasteiger charge is -2.32. The molecule has 1 atom stereocenters. The molecule has 1 amide bonds. The van der Waals surface area contributed by atoms with Crippen LogP contribution < -0.4 is 0 Å². The molecule has 20 heavy (non-hydrogen) atoms. The summed E-state index contributed by atoms with van der Waals surface area (Å²) in [7, 11) is 0. The van der Waals surface area contributed by atoms with Crippen molar-refractivity contribution >= 4 is 11.6 Å². The number of halogens is 3. The van der Waals surface area contributed by atoms with Crippen LogP contribution >= 0.6 is 0 Å². The maximum absolute atomic E-state index is 13.0. The molecule has 0 bridgehead atoms. The summed E-state index contributed by atoms with van der Waals surface area (Å²) in [4.78, 5) is 11.5. The first-order valence-corrected chi connectivity index (χ1v) is 6.31. The molecule has 112 valence electrons. The molecule has 0 aromatic rings. The van der Waals surface area contributed by atoms with Crippen LogP contribution in [0.2, 0.25) is 0 Å². The SMILES string of the molecule is CCCCCC1=NN(C(=O)CC#N)[C@](O)(C(F)(F)F)C1. The lowest BCUT2D eigenvalue weighted by molar-refractivity contribution is -0.302. The lowest BCUT2D eigenvalue weighted by atomic mass is 10.0. The third-order valence-corrected chi connectivity index (χ3v) is 3.03. The van der Waals surface area contributed by atoms with Gasteiger partial charge in [0.15, 0.2) is 0 Å². The van der Waals surface area contributed by atoms with E-state index in [0.29, 0.717) is 12.8 Å². The van der Waals surface area contributed by atoms with Crippen LogP contribution in [0.1, 0.15) is 45.4 Å². The lowest BCUT2D eigenvalue weighted by Crippen LogP contribution is -2.56. The molecule has 8 heteroatoms. The summed E-state index contributed by atoms with van der Waals surface area (Å²) in [6.45, 7) is 1.95. The number of nitrogens with zero attached hydrogens (tertiary/aromatic N) is 3. The van der Waals surface area contributed by atoms with Gasteiger partial charge in [-0.25, -0.2) is 0 Å². The van der Waals surface area contributed by atoms with E-state index in [2.05, 4.69) is 5.10 Å². The average molecular weight is 291 g/mol. The van der Waals surface area contributed by atoms with E-state index in [1.54, 1.807) is 0 Å². The topological polar surface area (TPSA) is 76.7 Å². The summed E-state index contributed by atoms with van der Waals surface area (Å²) in [5.41, 5.74) is -3.20. The van der Waals surface area contributed by atoms with Gasteiger partial charge >= 0.3 is 6.18 Å². The number of alkyl halides is 3. The van der Waals surface area contributed by atoms with Crippen molar-refractivity contribution in [2.45, 2.75) is 57.3 Å². The Balaban J connectivity index is 2.92. The van der Waals surface area contributed by atoms with Crippen LogP contribution in [0.15, 0.2) is 5.10 Å². The van der Waals surface area contributed by atoms with Gasteiger partial charge in [0.2, 0.25) is 0 Å². The molecule has 1 N–H and O–H groups in total. The third-order valence-electron chi connectivity index (χ3n) is 3.03. The maximum atomic E-state index is 13.0. The minimum atomic E-state index is -5.02. The summed E-state index contributed by atoms with van der Waals surface area (Å²) in [6.07, 6.45) is -3.87. The molecular formula is C12H16F3N3O2. The summed E-state index contributed by atoms with van der Waals surface area (Å²) < 4.78 is 38.9. The second-order valence-corrected chi connectivity index (χ2v) is 4.65. The van der Waals surface area contributed by atoms with Crippen molar-refractivity contribution in [2.75, 3.05) is 0 Å². The van der Waals surface area contributed by atoms with Crippen LogP contribution in [0.25, 0.3) is 0 Å². The fourth-order valence-electron chi connectivity index (χ4n) is 1.96. The van der Waals surface area contributed by atoms with Crippen LogP contribution in [0.4, 0.5) is 13.2 Å². The quantitative estimate of drug-likeness (QED) is 0.790. The van der Waals surface area contributed by atoms with Crippen molar-refractivity contribution in [2.24, 2.45) is 5.10 Å². The molecule has 0 saturated heterocycles. The number of unbranched alkanes of at least 4 members (excludes halogenated alkanes) is 2. The monoisotopic (exact) mass is 291 g/mol. The van der Waals surface area contributed by atoms with E-state index in [4.69, 9.17) is 5.26 Å². The largest absolute Gasteiger partial charge is 0.438 e. The Morgan fingerprint density at radius 2 is 2.20 bits per heavy atom. The van der Waals surface area contributed by atoms with Crippen LogP contribution in [-0.2, 0) is 4.79 Å². The standard InChI is InChI=1S/C12H16F3N3O2/c1-2-3-4-5-9-8-11(20,12(13,14)15)18(17-9)10(19)6-7-16/h20H,2-6,8H2,1H3/t11-/m1/s1. The maximum Gasteiger partial charge on any atom is 0.438 e. The van der Waals surface area contributed by atoms with Crippen LogP contribution in [0.5, 0.6) is 0 Å². The average Bonchev–Trinajstić information content (AvgIpc) is 2.68. The molecule has 5 nitrogen and oxygen atoms in total. The number of hydrogen-bond acceptors (Lipinski definition) is 4. The molecular weight excluding hydrogens is 275 g/mol. The Labute approximate surface area is 114 Å². The fraction of sp³-hybridized carbons (Fsp3) is 0.750. The van der Waals surface area contributed by atoms with Gasteiger partial charge in [-0.05, 0) is 12.8 Å². The number of aliphatic hydroxyl groups is 1. The predicted octanol–water partition coefficient (Wildman–Crippen LogP) is 2.32. The zero-order valence-corrected chi connectivity index (χ0v) is 11.1. The van der Waals surface area contributed by atoms with Crippen LogP contribution in [0, 0.1) is 11.3 Å². The van der Waals surface area contributed by atoms with Gasteiger partial charge in [-0.3, -0.25) is 4.79 Å². The normalized spacial score (nSPS) is 22.6. The van der Waals surface area contributed by atoms with E-state index in [1.165, 1.54) is 6.07 Å². The minimum absolute atomic E-state index is 0.0114. The number of carbonyl (C=O) groups is 1. The molecule has 0 aromatic heterocycles. The van der Waals surface area contributed by atoms with Crippen LogP contribution in [0.3, 0.4) is 0 Å². The highest BCUT2D eigenvalue weighted by Gasteiger charge is 2.62. The molecule has 0 fully saturated rings. The molecule has 0 radical (unpaired) electrons. The van der Waals surface area contributed by atoms with Crippen molar-refractivity contribution in [3.63, 3.8) is 0 Å². The van der Waals surface area contributed by atoms with E-state index in [9.17, 15) is 23.1 Å². The van der Waals surface area contributed by atoms with Crippen molar-refractivity contribution in [1.29, 1.82) is 5.26 Å². The van der Waals surface area contributed by atoms with Crippen molar-refractivity contribution in [1.82, 2.24) is 5.01 Å². The fourth-order valence-corrected chi connectivity index (χ4v) is 1.96. The van der Waals surface area contributed by atoms with Gasteiger partial charge in [0.25, 0.3) is 11.6 Å². The van der Waals surface area contributed by atoms with E-state index in [-0.39, 0.29) is 10.7 Å². The molecule has 1 aliphatic rings. The zero-order valence-electron chi connectivity index (χ0n) is 11.1. The molecule has 0 spiro atoms. The zero-order chi connectivity index (χ0) is 15.4. The van der Waals surface area contributed by atoms with E-state index >= 15 is 0 Å². The summed E-state index contributed by atoms with van der Waals surface area (Å²) in [6, 6.07) is 1.46. The molecule has 1 aliphatic heterocycles. The molecule has 1 heterocycles. The molecule has 0 unspecified atom stereocenters. The Bertz CT molecular complexity index is 442. The van der Waals surface area contributed by atoms with Gasteiger partial charge in [0.05, 0.1) is 6.07 Å².